The van der Waals surface area contributed by atoms with Crippen LogP contribution in [-0.2, 0) is 6.42 Å². The van der Waals surface area contributed by atoms with Crippen LogP contribution in [0.4, 0.5) is 10.1 Å². The Labute approximate surface area is 118 Å². The molecule has 0 aliphatic heterocycles. The van der Waals surface area contributed by atoms with Crippen LogP contribution in [0.15, 0.2) is 42.5 Å². The van der Waals surface area contributed by atoms with E-state index in [1.54, 1.807) is 18.2 Å². The molecule has 2 aromatic rings. The molecule has 1 unspecified atom stereocenters. The van der Waals surface area contributed by atoms with Gasteiger partial charge in [-0.2, -0.15) is 0 Å². The first-order valence-corrected chi connectivity index (χ1v) is 6.46. The van der Waals surface area contributed by atoms with Gasteiger partial charge >= 0.3 is 0 Å². The zero-order valence-electron chi connectivity index (χ0n) is 11.6. The maximum Gasteiger partial charge on any atom is 0.160 e. The fourth-order valence-corrected chi connectivity index (χ4v) is 2.13. The number of nitrogens with one attached hydrogen (secondary N) is 1. The van der Waals surface area contributed by atoms with Crippen molar-refractivity contribution in [2.75, 3.05) is 12.4 Å². The lowest BCUT2D eigenvalue weighted by Gasteiger charge is -2.16. The summed E-state index contributed by atoms with van der Waals surface area (Å²) in [6.07, 6.45) is 0.699. The topological polar surface area (TPSA) is 41.5 Å². The van der Waals surface area contributed by atoms with Gasteiger partial charge in [0.25, 0.3) is 0 Å². The van der Waals surface area contributed by atoms with Gasteiger partial charge in [-0.05, 0) is 43.2 Å². The number of phenols is 1. The molecule has 4 heteroatoms. The van der Waals surface area contributed by atoms with Crippen molar-refractivity contribution in [2.45, 2.75) is 19.4 Å². The van der Waals surface area contributed by atoms with Crippen LogP contribution < -0.4 is 10.1 Å². The van der Waals surface area contributed by atoms with Crippen molar-refractivity contribution in [1.29, 1.82) is 0 Å². The van der Waals surface area contributed by atoms with Crippen molar-refractivity contribution < 1.29 is 14.2 Å². The van der Waals surface area contributed by atoms with Crippen LogP contribution >= 0.6 is 0 Å². The molecule has 0 aliphatic carbocycles. The Hall–Kier alpha value is -2.23. The van der Waals surface area contributed by atoms with E-state index in [-0.39, 0.29) is 17.6 Å². The molecule has 2 aromatic carbocycles. The van der Waals surface area contributed by atoms with Crippen molar-refractivity contribution in [2.24, 2.45) is 0 Å². The highest BCUT2D eigenvalue weighted by molar-refractivity contribution is 5.54. The maximum atomic E-state index is 13.1. The minimum absolute atomic E-state index is 0.0930. The minimum Gasteiger partial charge on any atom is -0.504 e. The molecule has 2 rings (SSSR count). The Morgan fingerprint density at radius 2 is 2.05 bits per heavy atom. The third-order valence-electron chi connectivity index (χ3n) is 3.02. The number of phenolic OH excluding ortho intramolecular Hbond substituents is 1. The van der Waals surface area contributed by atoms with Crippen molar-refractivity contribution in [3.63, 3.8) is 0 Å². The highest BCUT2D eigenvalue weighted by Crippen LogP contribution is 2.28. The second-order valence-electron chi connectivity index (χ2n) is 4.77. The summed E-state index contributed by atoms with van der Waals surface area (Å²) >= 11 is 0. The molecule has 0 spiro atoms. The molecule has 0 bridgehead atoms. The smallest absolute Gasteiger partial charge is 0.160 e. The molecule has 0 aromatic heterocycles. The molecule has 0 amide bonds. The number of hydrogen-bond acceptors (Lipinski definition) is 3. The maximum absolute atomic E-state index is 13.1. The van der Waals surface area contributed by atoms with Gasteiger partial charge in [-0.25, -0.2) is 4.39 Å². The van der Waals surface area contributed by atoms with Crippen LogP contribution in [0.2, 0.25) is 0 Å². The van der Waals surface area contributed by atoms with Crippen molar-refractivity contribution in [3.8, 4) is 11.5 Å². The second-order valence-corrected chi connectivity index (χ2v) is 4.77. The van der Waals surface area contributed by atoms with Crippen LogP contribution in [-0.4, -0.2) is 18.3 Å². The molecule has 0 saturated heterocycles. The van der Waals surface area contributed by atoms with Crippen LogP contribution in [0.25, 0.3) is 0 Å². The normalized spacial score (nSPS) is 11.9. The molecule has 1 atom stereocenters. The molecule has 0 radical (unpaired) electrons. The van der Waals surface area contributed by atoms with Gasteiger partial charge in [-0.1, -0.05) is 12.1 Å². The number of anilines is 1. The van der Waals surface area contributed by atoms with E-state index < -0.39 is 0 Å². The van der Waals surface area contributed by atoms with E-state index in [0.29, 0.717) is 12.2 Å². The first-order valence-electron chi connectivity index (χ1n) is 6.46. The molecule has 0 fully saturated rings. The zero-order valence-corrected chi connectivity index (χ0v) is 11.6. The summed E-state index contributed by atoms with van der Waals surface area (Å²) < 4.78 is 18.1. The van der Waals surface area contributed by atoms with Gasteiger partial charge in [0.05, 0.1) is 7.11 Å². The fourth-order valence-electron chi connectivity index (χ4n) is 2.13. The first kappa shape index (κ1) is 14.2. The summed E-state index contributed by atoms with van der Waals surface area (Å²) in [5.74, 6) is 0.306. The zero-order chi connectivity index (χ0) is 14.5. The van der Waals surface area contributed by atoms with E-state index in [1.165, 1.54) is 19.2 Å². The summed E-state index contributed by atoms with van der Waals surface area (Å²) in [6.45, 7) is 2.01. The van der Waals surface area contributed by atoms with Crippen LogP contribution in [0.1, 0.15) is 12.5 Å². The van der Waals surface area contributed by atoms with E-state index in [2.05, 4.69) is 5.32 Å². The highest BCUT2D eigenvalue weighted by atomic mass is 19.1. The third kappa shape index (κ3) is 3.63. The number of hydrogen-bond donors (Lipinski definition) is 2. The molecule has 0 aliphatic rings. The van der Waals surface area contributed by atoms with Gasteiger partial charge in [0, 0.05) is 17.8 Å². The van der Waals surface area contributed by atoms with Crippen LogP contribution in [0.3, 0.4) is 0 Å². The molecule has 2 N–H and O–H groups in total. The largest absolute Gasteiger partial charge is 0.504 e. The van der Waals surface area contributed by atoms with Gasteiger partial charge < -0.3 is 15.2 Å². The van der Waals surface area contributed by atoms with E-state index in [4.69, 9.17) is 4.74 Å². The SMILES string of the molecule is COc1ccc(NC(C)Cc2cccc(F)c2)cc1O. The summed E-state index contributed by atoms with van der Waals surface area (Å²) in [7, 11) is 1.51. The Morgan fingerprint density at radius 3 is 2.70 bits per heavy atom. The van der Waals surface area contributed by atoms with Gasteiger partial charge in [-0.3, -0.25) is 0 Å². The van der Waals surface area contributed by atoms with E-state index in [9.17, 15) is 9.50 Å². The summed E-state index contributed by atoms with van der Waals surface area (Å²) in [4.78, 5) is 0. The molecule has 20 heavy (non-hydrogen) atoms. The van der Waals surface area contributed by atoms with Gasteiger partial charge in [-0.15, -0.1) is 0 Å². The fraction of sp³-hybridized carbons (Fsp3) is 0.250. The lowest BCUT2D eigenvalue weighted by atomic mass is 10.1. The number of aromatic hydroxyl groups is 1. The standard InChI is InChI=1S/C16H18FNO2/c1-11(8-12-4-3-5-13(17)9-12)18-14-6-7-16(20-2)15(19)10-14/h3-7,9-11,18-19H,8H2,1-2H3. The third-order valence-corrected chi connectivity index (χ3v) is 3.02. The Balaban J connectivity index is 2.01. The van der Waals surface area contributed by atoms with Crippen LogP contribution in [0.5, 0.6) is 11.5 Å². The predicted molar refractivity (Wildman–Crippen MR) is 77.8 cm³/mol. The molecular weight excluding hydrogens is 257 g/mol. The van der Waals surface area contributed by atoms with Gasteiger partial charge in [0.1, 0.15) is 5.82 Å². The summed E-state index contributed by atoms with van der Waals surface area (Å²) in [5, 5.41) is 13.0. The second kappa shape index (κ2) is 6.28. The van der Waals surface area contributed by atoms with Crippen molar-refractivity contribution in [1.82, 2.24) is 0 Å². The Morgan fingerprint density at radius 1 is 1.25 bits per heavy atom. The number of benzene rings is 2. The number of rotatable bonds is 5. The van der Waals surface area contributed by atoms with Crippen LogP contribution in [0, 0.1) is 5.82 Å². The van der Waals surface area contributed by atoms with E-state index in [1.807, 2.05) is 19.1 Å². The molecular formula is C16H18FNO2. The molecule has 106 valence electrons. The average molecular weight is 275 g/mol. The predicted octanol–water partition coefficient (Wildman–Crippen LogP) is 3.58. The molecule has 0 saturated carbocycles. The highest BCUT2D eigenvalue weighted by Gasteiger charge is 2.07. The van der Waals surface area contributed by atoms with Gasteiger partial charge in [0.2, 0.25) is 0 Å². The lowest BCUT2D eigenvalue weighted by molar-refractivity contribution is 0.373. The first-order chi connectivity index (χ1) is 9.58. The Kier molecular flexibility index (Phi) is 4.45. The summed E-state index contributed by atoms with van der Waals surface area (Å²) in [5.41, 5.74) is 1.73. The quantitative estimate of drug-likeness (QED) is 0.876. The lowest BCUT2D eigenvalue weighted by Crippen LogP contribution is -2.18. The number of halogens is 1. The Bertz CT molecular complexity index is 586. The molecule has 3 nitrogen and oxygen atoms in total. The average Bonchev–Trinajstić information content (AvgIpc) is 2.38. The van der Waals surface area contributed by atoms with Crippen molar-refractivity contribution in [3.05, 3.63) is 53.8 Å². The monoisotopic (exact) mass is 275 g/mol. The summed E-state index contributed by atoms with van der Waals surface area (Å²) in [6, 6.07) is 11.8. The minimum atomic E-state index is -0.225. The van der Waals surface area contributed by atoms with Crippen molar-refractivity contribution >= 4 is 5.69 Å². The number of methoxy groups -OCH3 is 1. The van der Waals surface area contributed by atoms with E-state index in [0.717, 1.165) is 11.3 Å². The molecule has 0 heterocycles. The number of ether oxygens (including phenoxy) is 1. The van der Waals surface area contributed by atoms with E-state index >= 15 is 0 Å². The van der Waals surface area contributed by atoms with Gasteiger partial charge in [0.15, 0.2) is 11.5 Å².